The number of carbonyl (C=O) groups is 1. The largest absolute Gasteiger partial charge is 0.444 e. The van der Waals surface area contributed by atoms with E-state index < -0.39 is 11.7 Å². The fourth-order valence-corrected chi connectivity index (χ4v) is 4.16. The van der Waals surface area contributed by atoms with E-state index in [2.05, 4.69) is 4.98 Å². The highest BCUT2D eigenvalue weighted by Crippen LogP contribution is 2.32. The topological polar surface area (TPSA) is 62.7 Å². The maximum absolute atomic E-state index is 12.5. The van der Waals surface area contributed by atoms with Gasteiger partial charge in [-0.25, -0.2) is 9.78 Å². The molecule has 1 aliphatic rings. The van der Waals surface area contributed by atoms with Gasteiger partial charge in [0.25, 0.3) is 0 Å². The molecule has 5 nitrogen and oxygen atoms in total. The lowest BCUT2D eigenvalue weighted by molar-refractivity contribution is 0.00236. The average molecular weight is 362 g/mol. The first-order valence-corrected chi connectivity index (χ1v) is 9.68. The molecule has 0 spiro atoms. The number of thiazole rings is 1. The van der Waals surface area contributed by atoms with Gasteiger partial charge in [-0.2, -0.15) is 0 Å². The fourth-order valence-electron chi connectivity index (χ4n) is 3.20. The van der Waals surface area contributed by atoms with E-state index in [-0.39, 0.29) is 12.1 Å². The number of fused-ring (bicyclic) bond motifs is 1. The van der Waals surface area contributed by atoms with Gasteiger partial charge in [0.2, 0.25) is 0 Å². The third-order valence-electron chi connectivity index (χ3n) is 4.35. The minimum absolute atomic E-state index is 0.00869. The minimum Gasteiger partial charge on any atom is -0.444 e. The summed E-state index contributed by atoms with van der Waals surface area (Å²) in [6.45, 7) is 6.31. The van der Waals surface area contributed by atoms with Gasteiger partial charge in [0.15, 0.2) is 0 Å². The van der Waals surface area contributed by atoms with Crippen LogP contribution in [0.2, 0.25) is 0 Å². The third kappa shape index (κ3) is 4.50. The Balaban J connectivity index is 1.71. The molecule has 2 atom stereocenters. The molecule has 1 aliphatic heterocycles. The second-order valence-electron chi connectivity index (χ2n) is 7.59. The fraction of sp³-hybridized carbons (Fsp3) is 0.579. The van der Waals surface area contributed by atoms with Gasteiger partial charge in [0.05, 0.1) is 10.2 Å². The minimum atomic E-state index is -0.662. The van der Waals surface area contributed by atoms with Crippen LogP contribution >= 0.6 is 11.3 Å². The van der Waals surface area contributed by atoms with Crippen molar-refractivity contribution in [3.05, 3.63) is 29.3 Å². The molecule has 25 heavy (non-hydrogen) atoms. The lowest BCUT2D eigenvalue weighted by Crippen LogP contribution is -2.46. The number of aromatic nitrogens is 1. The van der Waals surface area contributed by atoms with Crippen molar-refractivity contribution >= 4 is 27.6 Å². The average Bonchev–Trinajstić information content (AvgIpc) is 2.98. The smallest absolute Gasteiger partial charge is 0.410 e. The lowest BCUT2D eigenvalue weighted by Gasteiger charge is -2.37. The van der Waals surface area contributed by atoms with Crippen molar-refractivity contribution in [2.24, 2.45) is 0 Å². The molecule has 1 N–H and O–H groups in total. The van der Waals surface area contributed by atoms with Crippen molar-refractivity contribution in [2.45, 2.75) is 64.2 Å². The van der Waals surface area contributed by atoms with Crippen LogP contribution in [-0.4, -0.2) is 39.3 Å². The number of benzene rings is 1. The van der Waals surface area contributed by atoms with Gasteiger partial charge in [-0.3, -0.25) is 0 Å². The molecule has 0 aliphatic carbocycles. The zero-order valence-electron chi connectivity index (χ0n) is 15.1. The predicted molar refractivity (Wildman–Crippen MR) is 99.8 cm³/mol. The van der Waals surface area contributed by atoms with Gasteiger partial charge in [-0.05, 0) is 52.2 Å². The first kappa shape index (κ1) is 18.1. The second kappa shape index (κ2) is 7.30. The normalized spacial score (nSPS) is 19.8. The molecule has 0 saturated carbocycles. The van der Waals surface area contributed by atoms with E-state index in [1.54, 1.807) is 4.90 Å². The Morgan fingerprint density at radius 1 is 1.40 bits per heavy atom. The Labute approximate surface area is 152 Å². The maximum atomic E-state index is 12.5. The molecule has 3 rings (SSSR count). The Morgan fingerprint density at radius 3 is 2.88 bits per heavy atom. The van der Waals surface area contributed by atoms with E-state index in [9.17, 15) is 9.90 Å². The van der Waals surface area contributed by atoms with E-state index in [4.69, 9.17) is 4.74 Å². The molecule has 2 heterocycles. The van der Waals surface area contributed by atoms with Crippen LogP contribution in [0.5, 0.6) is 0 Å². The highest BCUT2D eigenvalue weighted by atomic mass is 32.1. The summed E-state index contributed by atoms with van der Waals surface area (Å²) in [5.41, 5.74) is 0.402. The van der Waals surface area contributed by atoms with Crippen molar-refractivity contribution in [2.75, 3.05) is 6.54 Å². The van der Waals surface area contributed by atoms with Crippen LogP contribution in [0.1, 0.15) is 57.6 Å². The van der Waals surface area contributed by atoms with Gasteiger partial charge in [0.1, 0.15) is 16.7 Å². The number of para-hydroxylation sites is 1. The molecule has 2 aromatic rings. The molecule has 2 unspecified atom stereocenters. The van der Waals surface area contributed by atoms with Crippen LogP contribution in [0.3, 0.4) is 0 Å². The molecule has 0 bridgehead atoms. The number of rotatable bonds is 3. The number of likely N-dealkylation sites (tertiary alicyclic amines) is 1. The SMILES string of the molecule is CC(C)(C)OC(=O)N1CCCCC1CC(O)c1nc2ccccc2s1. The quantitative estimate of drug-likeness (QED) is 0.872. The Kier molecular flexibility index (Phi) is 5.29. The van der Waals surface area contributed by atoms with Crippen LogP contribution in [0, 0.1) is 0 Å². The molecule has 1 fully saturated rings. The molecule has 1 amide bonds. The van der Waals surface area contributed by atoms with Crippen molar-refractivity contribution in [3.8, 4) is 0 Å². The summed E-state index contributed by atoms with van der Waals surface area (Å²) < 4.78 is 6.61. The summed E-state index contributed by atoms with van der Waals surface area (Å²) in [5, 5.41) is 11.4. The van der Waals surface area contributed by atoms with E-state index in [1.807, 2.05) is 45.0 Å². The molecule has 136 valence electrons. The summed E-state index contributed by atoms with van der Waals surface area (Å²) in [5.74, 6) is 0. The highest BCUT2D eigenvalue weighted by molar-refractivity contribution is 7.18. The molecule has 1 aromatic heterocycles. The molecular formula is C19H26N2O3S. The lowest BCUT2D eigenvalue weighted by atomic mass is 9.97. The number of nitrogens with zero attached hydrogens (tertiary/aromatic N) is 2. The van der Waals surface area contributed by atoms with Gasteiger partial charge in [-0.15, -0.1) is 11.3 Å². The first-order valence-electron chi connectivity index (χ1n) is 8.86. The van der Waals surface area contributed by atoms with E-state index >= 15 is 0 Å². The van der Waals surface area contributed by atoms with E-state index in [0.717, 1.165) is 34.5 Å². The van der Waals surface area contributed by atoms with Crippen molar-refractivity contribution in [1.29, 1.82) is 0 Å². The number of aliphatic hydroxyl groups is 1. The summed E-state index contributed by atoms with van der Waals surface area (Å²) in [4.78, 5) is 18.8. The number of ether oxygens (including phenoxy) is 1. The summed E-state index contributed by atoms with van der Waals surface area (Å²) in [6.07, 6.45) is 2.49. The Hall–Kier alpha value is -1.66. The Bertz CT molecular complexity index is 705. The molecule has 6 heteroatoms. The van der Waals surface area contributed by atoms with Crippen molar-refractivity contribution < 1.29 is 14.6 Å². The number of hydrogen-bond acceptors (Lipinski definition) is 5. The number of carbonyl (C=O) groups excluding carboxylic acids is 1. The molecular weight excluding hydrogens is 336 g/mol. The number of piperidine rings is 1. The summed E-state index contributed by atoms with van der Waals surface area (Å²) >= 11 is 1.52. The number of aliphatic hydroxyl groups excluding tert-OH is 1. The molecule has 1 saturated heterocycles. The van der Waals surface area contributed by atoms with Gasteiger partial charge in [-0.1, -0.05) is 12.1 Å². The van der Waals surface area contributed by atoms with Crippen LogP contribution in [0.25, 0.3) is 10.2 Å². The summed E-state index contributed by atoms with van der Waals surface area (Å²) in [7, 11) is 0. The zero-order valence-corrected chi connectivity index (χ0v) is 15.9. The van der Waals surface area contributed by atoms with Crippen LogP contribution in [-0.2, 0) is 4.74 Å². The third-order valence-corrected chi connectivity index (χ3v) is 5.48. The van der Waals surface area contributed by atoms with Gasteiger partial charge < -0.3 is 14.7 Å². The predicted octanol–water partition coefficient (Wildman–Crippen LogP) is 4.51. The first-order chi connectivity index (χ1) is 11.8. The highest BCUT2D eigenvalue weighted by Gasteiger charge is 2.32. The maximum Gasteiger partial charge on any atom is 0.410 e. The van der Waals surface area contributed by atoms with Crippen molar-refractivity contribution in [3.63, 3.8) is 0 Å². The summed E-state index contributed by atoms with van der Waals surface area (Å²) in [6, 6.07) is 7.88. The zero-order chi connectivity index (χ0) is 18.0. The molecule has 1 aromatic carbocycles. The van der Waals surface area contributed by atoms with Crippen LogP contribution in [0.4, 0.5) is 4.79 Å². The van der Waals surface area contributed by atoms with Crippen molar-refractivity contribution in [1.82, 2.24) is 9.88 Å². The molecule has 0 radical (unpaired) electrons. The van der Waals surface area contributed by atoms with Gasteiger partial charge in [0, 0.05) is 19.0 Å². The standard InChI is InChI=1S/C19H26N2O3S/c1-19(2,3)24-18(23)21-11-7-6-8-13(21)12-15(22)17-20-14-9-4-5-10-16(14)25-17/h4-5,9-10,13,15,22H,6-8,11-12H2,1-3H3. The van der Waals surface area contributed by atoms with E-state index in [0.29, 0.717) is 13.0 Å². The number of hydrogen-bond donors (Lipinski definition) is 1. The monoisotopic (exact) mass is 362 g/mol. The van der Waals surface area contributed by atoms with Crippen LogP contribution in [0.15, 0.2) is 24.3 Å². The second-order valence-corrected chi connectivity index (χ2v) is 8.66. The van der Waals surface area contributed by atoms with Crippen LogP contribution < -0.4 is 0 Å². The van der Waals surface area contributed by atoms with E-state index in [1.165, 1.54) is 11.3 Å². The van der Waals surface area contributed by atoms with Gasteiger partial charge >= 0.3 is 6.09 Å². The Morgan fingerprint density at radius 2 is 2.16 bits per heavy atom. The number of amides is 1.